The average Bonchev–Trinajstić information content (AvgIpc) is 3.29. The molecule has 4 heterocycles. The molecule has 14 nitrogen and oxygen atoms in total. The highest BCUT2D eigenvalue weighted by atomic mass is 32.2. The quantitative estimate of drug-likeness (QED) is 0.114. The Morgan fingerprint density at radius 2 is 2.22 bits per heavy atom. The number of carboxylic acids is 1. The Kier molecular flexibility index (Phi) is 8.27. The molecule has 1 unspecified atom stereocenters. The zero-order valence-electron chi connectivity index (χ0n) is 20.0. The van der Waals surface area contributed by atoms with Crippen LogP contribution in [0.4, 0.5) is 5.82 Å². The number of hydrogen-bond donors (Lipinski definition) is 3. The molecule has 0 spiro atoms. The molecule has 37 heavy (non-hydrogen) atoms. The van der Waals surface area contributed by atoms with Crippen molar-refractivity contribution in [2.24, 2.45) is 12.2 Å². The van der Waals surface area contributed by atoms with Gasteiger partial charge in [0, 0.05) is 18.6 Å². The maximum atomic E-state index is 13.2. The van der Waals surface area contributed by atoms with Gasteiger partial charge in [0.15, 0.2) is 5.71 Å². The van der Waals surface area contributed by atoms with Gasteiger partial charge < -0.3 is 21.0 Å². The molecule has 2 aromatic rings. The van der Waals surface area contributed by atoms with E-state index >= 15 is 0 Å². The number of carboxylic acid groups (broad SMARTS) is 1. The zero-order chi connectivity index (χ0) is 26.5. The summed E-state index contributed by atoms with van der Waals surface area (Å²) in [5, 5.41) is 27.6. The van der Waals surface area contributed by atoms with Crippen LogP contribution in [0.1, 0.15) is 25.5 Å². The van der Waals surface area contributed by atoms with Crippen molar-refractivity contribution in [1.29, 1.82) is 0 Å². The van der Waals surface area contributed by atoms with Gasteiger partial charge in [-0.15, -0.1) is 16.9 Å². The van der Waals surface area contributed by atoms with Crippen molar-refractivity contribution in [3.8, 4) is 0 Å². The number of carbonyl (C=O) groups is 3. The van der Waals surface area contributed by atoms with Crippen LogP contribution in [0, 0.1) is 0 Å². The zero-order valence-corrected chi connectivity index (χ0v) is 21.7. The third-order valence-corrected chi connectivity index (χ3v) is 7.90. The molecule has 0 aliphatic carbocycles. The minimum atomic E-state index is -1.22. The predicted octanol–water partition coefficient (Wildman–Crippen LogP) is 0.239. The molecule has 2 amide bonds. The standard InChI is InChI=1S/C21H25N9O5S2/c1-3-4-8-35-26-14(12-6-5-7-13(22)23-12)17(31)24-15-18(32)30-16(20(33)34)11(9-36-19(15)30)10-37-21-25-27-28-29(21)2/h5-7,15,19H,3-4,8-10H2,1-2H3,(H2,22,23)(H,24,31)(H,33,34)/t15?,19-/m1/s1. The Morgan fingerprint density at radius 1 is 1.41 bits per heavy atom. The summed E-state index contributed by atoms with van der Waals surface area (Å²) in [7, 11) is 1.68. The van der Waals surface area contributed by atoms with Crippen LogP contribution in [0.2, 0.25) is 0 Å². The van der Waals surface area contributed by atoms with Gasteiger partial charge in [-0.3, -0.25) is 14.5 Å². The van der Waals surface area contributed by atoms with E-state index in [1.165, 1.54) is 33.1 Å². The van der Waals surface area contributed by atoms with Crippen LogP contribution in [-0.2, 0) is 26.3 Å². The molecule has 0 aromatic carbocycles. The number of rotatable bonds is 11. The Morgan fingerprint density at radius 3 is 2.89 bits per heavy atom. The molecule has 4 N–H and O–H groups in total. The molecular formula is C21H25N9O5S2. The van der Waals surface area contributed by atoms with Crippen LogP contribution >= 0.6 is 23.5 Å². The second kappa shape index (κ2) is 11.6. The number of thioether (sulfide) groups is 2. The first-order valence-electron chi connectivity index (χ1n) is 11.3. The summed E-state index contributed by atoms with van der Waals surface area (Å²) in [4.78, 5) is 48.9. The molecule has 1 saturated heterocycles. The number of β-lactam (4-membered cyclic amide) rings is 1. The molecule has 2 aliphatic heterocycles. The molecule has 16 heteroatoms. The third-order valence-electron chi connectivity index (χ3n) is 5.47. The van der Waals surface area contributed by atoms with E-state index in [4.69, 9.17) is 10.6 Å². The molecule has 2 aromatic heterocycles. The van der Waals surface area contributed by atoms with Crippen LogP contribution in [0.25, 0.3) is 0 Å². The lowest BCUT2D eigenvalue weighted by Crippen LogP contribution is -2.71. The monoisotopic (exact) mass is 547 g/mol. The number of pyridine rings is 1. The lowest BCUT2D eigenvalue weighted by Gasteiger charge is -2.49. The minimum Gasteiger partial charge on any atom is -0.477 e. The van der Waals surface area contributed by atoms with Gasteiger partial charge in [-0.25, -0.2) is 14.5 Å². The van der Waals surface area contributed by atoms with Crippen molar-refractivity contribution in [2.75, 3.05) is 23.8 Å². The van der Waals surface area contributed by atoms with E-state index < -0.39 is 29.2 Å². The second-order valence-electron chi connectivity index (χ2n) is 8.07. The highest BCUT2D eigenvalue weighted by Gasteiger charge is 2.54. The van der Waals surface area contributed by atoms with E-state index in [9.17, 15) is 19.5 Å². The number of aliphatic carboxylic acids is 1. The van der Waals surface area contributed by atoms with E-state index in [1.54, 1.807) is 25.2 Å². The molecule has 1 fully saturated rings. The number of tetrazole rings is 1. The number of oxime groups is 1. The van der Waals surface area contributed by atoms with Gasteiger partial charge in [0.05, 0.1) is 0 Å². The van der Waals surface area contributed by atoms with Crippen molar-refractivity contribution in [3.05, 3.63) is 35.2 Å². The van der Waals surface area contributed by atoms with Crippen molar-refractivity contribution in [3.63, 3.8) is 0 Å². The number of nitrogens with zero attached hydrogens (tertiary/aromatic N) is 7. The highest BCUT2D eigenvalue weighted by molar-refractivity contribution is 8.01. The Hall–Kier alpha value is -3.66. The lowest BCUT2D eigenvalue weighted by atomic mass is 10.0. The van der Waals surface area contributed by atoms with E-state index in [2.05, 4.69) is 31.0 Å². The molecule has 0 radical (unpaired) electrons. The van der Waals surface area contributed by atoms with Gasteiger partial charge in [-0.05, 0) is 34.6 Å². The van der Waals surface area contributed by atoms with Gasteiger partial charge in [-0.2, -0.15) is 0 Å². The number of nitrogens with two attached hydrogens (primary N) is 1. The van der Waals surface area contributed by atoms with Crippen LogP contribution in [0.5, 0.6) is 0 Å². The fraction of sp³-hybridized carbons (Fsp3) is 0.429. The first kappa shape index (κ1) is 26.4. The number of unbranched alkanes of at least 4 members (excludes halogenated alkanes) is 1. The smallest absolute Gasteiger partial charge is 0.352 e. The summed E-state index contributed by atoms with van der Waals surface area (Å²) in [6, 6.07) is 3.81. The van der Waals surface area contributed by atoms with Crippen LogP contribution in [0.3, 0.4) is 0 Å². The van der Waals surface area contributed by atoms with Gasteiger partial charge in [-0.1, -0.05) is 36.3 Å². The molecule has 196 valence electrons. The van der Waals surface area contributed by atoms with Crippen molar-refractivity contribution in [1.82, 2.24) is 35.4 Å². The number of nitrogens with one attached hydrogen (secondary N) is 1. The van der Waals surface area contributed by atoms with Gasteiger partial charge in [0.2, 0.25) is 5.16 Å². The Balaban J connectivity index is 1.49. The first-order chi connectivity index (χ1) is 17.8. The number of nitrogen functional groups attached to an aromatic ring is 1. The van der Waals surface area contributed by atoms with Crippen molar-refractivity contribution in [2.45, 2.75) is 36.3 Å². The number of aromatic nitrogens is 5. The average molecular weight is 548 g/mol. The largest absolute Gasteiger partial charge is 0.477 e. The lowest BCUT2D eigenvalue weighted by molar-refractivity contribution is -0.150. The van der Waals surface area contributed by atoms with Gasteiger partial charge in [0.1, 0.15) is 35.2 Å². The number of amides is 2. The molecular weight excluding hydrogens is 522 g/mol. The fourth-order valence-electron chi connectivity index (χ4n) is 3.61. The topological polar surface area (TPSA) is 191 Å². The minimum absolute atomic E-state index is 0.0869. The summed E-state index contributed by atoms with van der Waals surface area (Å²) >= 11 is 2.64. The molecule has 2 aliphatic rings. The first-order valence-corrected chi connectivity index (χ1v) is 13.3. The maximum absolute atomic E-state index is 13.2. The van der Waals surface area contributed by atoms with Crippen LogP contribution < -0.4 is 11.1 Å². The second-order valence-corrected chi connectivity index (χ2v) is 10.1. The number of anilines is 1. The fourth-order valence-corrected chi connectivity index (χ4v) is 5.94. The van der Waals surface area contributed by atoms with Crippen molar-refractivity contribution >= 4 is 52.8 Å². The third kappa shape index (κ3) is 5.69. The summed E-state index contributed by atoms with van der Waals surface area (Å²) in [5.41, 5.74) is 6.31. The van der Waals surface area contributed by atoms with E-state index in [-0.39, 0.29) is 22.9 Å². The molecule has 2 atom stereocenters. The van der Waals surface area contributed by atoms with E-state index in [0.717, 1.165) is 12.8 Å². The summed E-state index contributed by atoms with van der Waals surface area (Å²) in [6.07, 6.45) is 1.63. The van der Waals surface area contributed by atoms with Gasteiger partial charge in [0.25, 0.3) is 11.8 Å². The maximum Gasteiger partial charge on any atom is 0.352 e. The van der Waals surface area contributed by atoms with Gasteiger partial charge >= 0.3 is 5.97 Å². The molecule has 0 saturated carbocycles. The SMILES string of the molecule is CCCCON=C(C(=O)NC1C(=O)N2C(C(=O)O)=C(CSc3nnnn3C)CS[C@H]12)c1cccc(N)n1. The van der Waals surface area contributed by atoms with Crippen LogP contribution in [0.15, 0.2) is 39.8 Å². The van der Waals surface area contributed by atoms with Crippen molar-refractivity contribution < 1.29 is 24.3 Å². The van der Waals surface area contributed by atoms with Crippen LogP contribution in [-0.4, -0.2) is 88.2 Å². The Bertz CT molecular complexity index is 1260. The van der Waals surface area contributed by atoms with E-state index in [0.29, 0.717) is 28.8 Å². The number of fused-ring (bicyclic) bond motifs is 1. The van der Waals surface area contributed by atoms with E-state index in [1.807, 2.05) is 6.92 Å². The predicted molar refractivity (Wildman–Crippen MR) is 135 cm³/mol. The number of hydrogen-bond acceptors (Lipinski definition) is 12. The summed E-state index contributed by atoms with van der Waals surface area (Å²) in [5.74, 6) is -1.57. The summed E-state index contributed by atoms with van der Waals surface area (Å²) < 4.78 is 1.48. The Labute approximate surface area is 220 Å². The molecule has 4 rings (SSSR count). The highest BCUT2D eigenvalue weighted by Crippen LogP contribution is 2.41. The molecule has 0 bridgehead atoms. The number of aryl methyl sites for hydroxylation is 1. The normalized spacial score (nSPS) is 19.4. The number of carbonyl (C=O) groups excluding carboxylic acids is 2. The summed E-state index contributed by atoms with van der Waals surface area (Å²) in [6.45, 7) is 2.30.